The minimum atomic E-state index is 0.234. The van der Waals surface area contributed by atoms with Crippen LogP contribution in [0.1, 0.15) is 111 Å². The van der Waals surface area contributed by atoms with Crippen LogP contribution in [0.5, 0.6) is 0 Å². The molecule has 4 heterocycles. The molecule has 0 bridgehead atoms. The highest BCUT2D eigenvalue weighted by Gasteiger charge is 2.47. The lowest BCUT2D eigenvalue weighted by Gasteiger charge is -2.39. The van der Waals surface area contributed by atoms with E-state index in [0.717, 1.165) is 36.1 Å². The molecule has 4 nitrogen and oxygen atoms in total. The normalized spacial score (nSPS) is 40.4. The van der Waals surface area contributed by atoms with Crippen molar-refractivity contribution in [2.75, 3.05) is 45.9 Å². The molecule has 6 unspecified atom stereocenters. The number of hydrogen-bond donors (Lipinski definition) is 0. The SMILES string of the molecule is CC(CCC(C)N1CCC2(CCC(CC(C)N3CCC4(CCCO4)C3)C2)C1)N1CCC2(CCC2)C1. The fourth-order valence-electron chi connectivity index (χ4n) is 9.48. The minimum absolute atomic E-state index is 0.234. The number of likely N-dealkylation sites (tertiary alicyclic amines) is 3. The number of nitrogens with zero attached hydrogens (tertiary/aromatic N) is 3. The molecule has 0 aromatic heterocycles. The predicted molar refractivity (Wildman–Crippen MR) is 145 cm³/mol. The Labute approximate surface area is 216 Å². The van der Waals surface area contributed by atoms with Crippen LogP contribution in [0.3, 0.4) is 0 Å². The fraction of sp³-hybridized carbons (Fsp3) is 1.00. The lowest BCUT2D eigenvalue weighted by Crippen LogP contribution is -2.38. The van der Waals surface area contributed by atoms with Gasteiger partial charge >= 0.3 is 0 Å². The number of ether oxygens (including phenoxy) is 1. The fourth-order valence-corrected chi connectivity index (χ4v) is 9.48. The molecule has 0 aromatic rings. The van der Waals surface area contributed by atoms with E-state index in [0.29, 0.717) is 5.41 Å². The van der Waals surface area contributed by atoms with Crippen molar-refractivity contribution in [3.63, 3.8) is 0 Å². The summed E-state index contributed by atoms with van der Waals surface area (Å²) in [5, 5.41) is 0. The lowest BCUT2D eigenvalue weighted by molar-refractivity contribution is 0.00881. The number of hydrogen-bond acceptors (Lipinski definition) is 4. The van der Waals surface area contributed by atoms with Gasteiger partial charge < -0.3 is 14.5 Å². The van der Waals surface area contributed by atoms with Gasteiger partial charge in [-0.1, -0.05) is 6.42 Å². The third kappa shape index (κ3) is 5.12. The Morgan fingerprint density at radius 3 is 1.97 bits per heavy atom. The van der Waals surface area contributed by atoms with Crippen LogP contribution in [0.2, 0.25) is 0 Å². The monoisotopic (exact) mass is 485 g/mol. The molecule has 2 saturated carbocycles. The summed E-state index contributed by atoms with van der Waals surface area (Å²) in [5.74, 6) is 0.954. The Hall–Kier alpha value is -0.160. The molecule has 0 amide bonds. The van der Waals surface area contributed by atoms with Gasteiger partial charge in [0.2, 0.25) is 0 Å². The zero-order valence-electron chi connectivity index (χ0n) is 23.4. The Morgan fingerprint density at radius 2 is 1.34 bits per heavy atom. The average molecular weight is 486 g/mol. The zero-order valence-corrected chi connectivity index (χ0v) is 23.4. The zero-order chi connectivity index (χ0) is 24.1. The Bertz CT molecular complexity index is 731. The second kappa shape index (κ2) is 9.86. The van der Waals surface area contributed by atoms with Crippen molar-refractivity contribution in [2.24, 2.45) is 16.7 Å². The molecule has 6 fully saturated rings. The molecule has 4 heteroatoms. The Morgan fingerprint density at radius 1 is 0.686 bits per heavy atom. The van der Waals surface area contributed by atoms with Gasteiger partial charge in [0.05, 0.1) is 5.60 Å². The van der Waals surface area contributed by atoms with Crippen molar-refractivity contribution in [2.45, 2.75) is 134 Å². The predicted octanol–water partition coefficient (Wildman–Crippen LogP) is 5.95. The molecular weight excluding hydrogens is 430 g/mol. The van der Waals surface area contributed by atoms with Gasteiger partial charge in [-0.3, -0.25) is 4.90 Å². The molecule has 0 radical (unpaired) electrons. The van der Waals surface area contributed by atoms with E-state index in [1.54, 1.807) is 0 Å². The van der Waals surface area contributed by atoms with Gasteiger partial charge in [0, 0.05) is 50.9 Å². The summed E-state index contributed by atoms with van der Waals surface area (Å²) in [6.45, 7) is 16.5. The largest absolute Gasteiger partial charge is 0.374 e. The summed E-state index contributed by atoms with van der Waals surface area (Å²) in [6, 6.07) is 2.29. The van der Waals surface area contributed by atoms with E-state index in [4.69, 9.17) is 4.74 Å². The van der Waals surface area contributed by atoms with E-state index in [9.17, 15) is 0 Å². The van der Waals surface area contributed by atoms with Gasteiger partial charge in [0.15, 0.2) is 0 Å². The highest BCUT2D eigenvalue weighted by Crippen LogP contribution is 2.51. The summed E-state index contributed by atoms with van der Waals surface area (Å²) in [5.41, 5.74) is 1.63. The Balaban J connectivity index is 0.928. The third-order valence-corrected chi connectivity index (χ3v) is 12.2. The van der Waals surface area contributed by atoms with E-state index < -0.39 is 0 Å². The van der Waals surface area contributed by atoms with E-state index in [1.165, 1.54) is 129 Å². The first-order chi connectivity index (χ1) is 16.9. The number of rotatable bonds is 8. The van der Waals surface area contributed by atoms with Crippen molar-refractivity contribution in [1.29, 1.82) is 0 Å². The van der Waals surface area contributed by atoms with E-state index >= 15 is 0 Å². The molecule has 6 aliphatic rings. The molecule has 2 aliphatic carbocycles. The van der Waals surface area contributed by atoms with Crippen LogP contribution in [0.4, 0.5) is 0 Å². The van der Waals surface area contributed by atoms with Crippen molar-refractivity contribution in [3.8, 4) is 0 Å². The highest BCUT2D eigenvalue weighted by molar-refractivity contribution is 5.00. The summed E-state index contributed by atoms with van der Waals surface area (Å²) in [7, 11) is 0. The van der Waals surface area contributed by atoms with E-state index in [2.05, 4.69) is 35.5 Å². The summed E-state index contributed by atoms with van der Waals surface area (Å²) < 4.78 is 6.19. The highest BCUT2D eigenvalue weighted by atomic mass is 16.5. The van der Waals surface area contributed by atoms with Gasteiger partial charge in [0.25, 0.3) is 0 Å². The molecule has 6 rings (SSSR count). The van der Waals surface area contributed by atoms with Crippen LogP contribution in [-0.4, -0.2) is 84.3 Å². The van der Waals surface area contributed by atoms with Gasteiger partial charge in [-0.25, -0.2) is 0 Å². The Kier molecular flexibility index (Phi) is 7.08. The topological polar surface area (TPSA) is 19.0 Å². The van der Waals surface area contributed by atoms with Crippen LogP contribution in [-0.2, 0) is 4.74 Å². The second-order valence-corrected chi connectivity index (χ2v) is 14.6. The van der Waals surface area contributed by atoms with Gasteiger partial charge in [0.1, 0.15) is 0 Å². The average Bonchev–Trinajstić information content (AvgIpc) is 3.65. The second-order valence-electron chi connectivity index (χ2n) is 14.6. The van der Waals surface area contributed by atoms with E-state index in [-0.39, 0.29) is 5.60 Å². The molecule has 4 aliphatic heterocycles. The lowest BCUT2D eigenvalue weighted by atomic mass is 9.68. The first-order valence-electron chi connectivity index (χ1n) is 15.7. The molecule has 0 aromatic carbocycles. The summed E-state index contributed by atoms with van der Waals surface area (Å²) in [6.07, 6.45) is 20.0. The van der Waals surface area contributed by atoms with Crippen molar-refractivity contribution < 1.29 is 4.74 Å². The minimum Gasteiger partial charge on any atom is -0.374 e. The van der Waals surface area contributed by atoms with E-state index in [1.807, 2.05) is 0 Å². The summed E-state index contributed by atoms with van der Waals surface area (Å²) >= 11 is 0. The third-order valence-electron chi connectivity index (χ3n) is 12.2. The summed E-state index contributed by atoms with van der Waals surface area (Å²) in [4.78, 5) is 8.49. The van der Waals surface area contributed by atoms with Crippen LogP contribution in [0, 0.1) is 16.7 Å². The molecule has 6 atom stereocenters. The maximum absolute atomic E-state index is 6.19. The quantitative estimate of drug-likeness (QED) is 0.423. The smallest absolute Gasteiger partial charge is 0.0821 e. The van der Waals surface area contributed by atoms with Crippen LogP contribution >= 0.6 is 0 Å². The maximum atomic E-state index is 6.19. The van der Waals surface area contributed by atoms with Crippen LogP contribution in [0.25, 0.3) is 0 Å². The van der Waals surface area contributed by atoms with Gasteiger partial charge in [-0.15, -0.1) is 0 Å². The first-order valence-corrected chi connectivity index (χ1v) is 15.7. The molecular formula is C31H55N3O. The maximum Gasteiger partial charge on any atom is 0.0821 e. The first kappa shape index (κ1) is 25.1. The molecule has 4 saturated heterocycles. The van der Waals surface area contributed by atoms with Crippen LogP contribution < -0.4 is 0 Å². The standard InChI is InChI=1S/C31H55N3O/c1-25(32-16-13-29(22-32)9-4-10-29)6-7-26(2)33-17-14-30(23-33)12-8-28(21-30)20-27(3)34-18-15-31(24-34)11-5-19-35-31/h25-28H,4-24H2,1-3H3. The van der Waals surface area contributed by atoms with Gasteiger partial charge in [-0.05, 0) is 134 Å². The molecule has 35 heavy (non-hydrogen) atoms. The molecule has 0 N–H and O–H groups in total. The van der Waals surface area contributed by atoms with Gasteiger partial charge in [-0.2, -0.15) is 0 Å². The van der Waals surface area contributed by atoms with Crippen LogP contribution in [0.15, 0.2) is 0 Å². The van der Waals surface area contributed by atoms with Crippen molar-refractivity contribution in [1.82, 2.24) is 14.7 Å². The molecule has 200 valence electrons. The van der Waals surface area contributed by atoms with Crippen molar-refractivity contribution in [3.05, 3.63) is 0 Å². The molecule has 3 spiro atoms. The van der Waals surface area contributed by atoms with Crippen molar-refractivity contribution >= 4 is 0 Å².